The second kappa shape index (κ2) is 6.83. The number of nitrogens with one attached hydrogen (secondary N) is 1. The lowest BCUT2D eigenvalue weighted by Crippen LogP contribution is -2.35. The highest BCUT2D eigenvalue weighted by Gasteiger charge is 2.12. The van der Waals surface area contributed by atoms with Gasteiger partial charge < -0.3 is 14.8 Å². The molecule has 0 aliphatic heterocycles. The highest BCUT2D eigenvalue weighted by atomic mass is 35.5. The smallest absolute Gasteiger partial charge is 0.124 e. The molecule has 0 aromatic heterocycles. The summed E-state index contributed by atoms with van der Waals surface area (Å²) in [6, 6.07) is 5.72. The van der Waals surface area contributed by atoms with Crippen LogP contribution in [0.2, 0.25) is 0 Å². The Hall–Kier alpha value is -1.19. The third-order valence-electron chi connectivity index (χ3n) is 2.46. The maximum atomic E-state index is 5.73. The normalized spacial score (nSPS) is 11.2. The summed E-state index contributed by atoms with van der Waals surface area (Å²) in [6.45, 7) is 11.0. The molecule has 0 heterocycles. The largest absolute Gasteiger partial charge is 0.497 e. The maximum absolute atomic E-state index is 5.73. The fourth-order valence-electron chi connectivity index (χ4n) is 1.48. The standard InChI is InChI=1S/C15H22ClNO2/c1-11(16)10-19-14-7-6-13(18-5)8-12(14)9-17-15(2,3)4/h6-8,17H,1,9-10H2,2-5H3. The van der Waals surface area contributed by atoms with Crippen LogP contribution in [-0.4, -0.2) is 19.3 Å². The van der Waals surface area contributed by atoms with Gasteiger partial charge in [-0.25, -0.2) is 0 Å². The zero-order valence-corrected chi connectivity index (χ0v) is 12.8. The molecule has 0 aliphatic rings. The van der Waals surface area contributed by atoms with Crippen LogP contribution >= 0.6 is 11.6 Å². The first-order chi connectivity index (χ1) is 8.81. The average molecular weight is 284 g/mol. The number of hydrogen-bond donors (Lipinski definition) is 1. The molecule has 4 heteroatoms. The molecule has 0 fully saturated rings. The summed E-state index contributed by atoms with van der Waals surface area (Å²) in [4.78, 5) is 0. The summed E-state index contributed by atoms with van der Waals surface area (Å²) >= 11 is 5.73. The van der Waals surface area contributed by atoms with Crippen molar-refractivity contribution < 1.29 is 9.47 Å². The zero-order chi connectivity index (χ0) is 14.5. The zero-order valence-electron chi connectivity index (χ0n) is 12.0. The summed E-state index contributed by atoms with van der Waals surface area (Å²) in [5.74, 6) is 1.60. The second-order valence-electron chi connectivity index (χ2n) is 5.38. The molecule has 106 valence electrons. The molecular weight excluding hydrogens is 262 g/mol. The molecule has 0 radical (unpaired) electrons. The van der Waals surface area contributed by atoms with E-state index in [0.717, 1.165) is 17.1 Å². The lowest BCUT2D eigenvalue weighted by Gasteiger charge is -2.22. The van der Waals surface area contributed by atoms with Crippen LogP contribution in [0, 0.1) is 0 Å². The number of ether oxygens (including phenoxy) is 2. The van der Waals surface area contributed by atoms with Gasteiger partial charge in [-0.2, -0.15) is 0 Å². The van der Waals surface area contributed by atoms with Gasteiger partial charge in [-0.1, -0.05) is 18.2 Å². The number of benzene rings is 1. The molecule has 19 heavy (non-hydrogen) atoms. The van der Waals surface area contributed by atoms with Crippen LogP contribution in [0.5, 0.6) is 11.5 Å². The Kier molecular flexibility index (Phi) is 5.70. The molecule has 0 saturated carbocycles. The highest BCUT2D eigenvalue weighted by Crippen LogP contribution is 2.25. The molecule has 0 spiro atoms. The predicted molar refractivity (Wildman–Crippen MR) is 80.1 cm³/mol. The van der Waals surface area contributed by atoms with E-state index in [-0.39, 0.29) is 5.54 Å². The predicted octanol–water partition coefficient (Wildman–Crippen LogP) is 3.71. The molecule has 1 aromatic rings. The average Bonchev–Trinajstić information content (AvgIpc) is 2.33. The highest BCUT2D eigenvalue weighted by molar-refractivity contribution is 6.29. The van der Waals surface area contributed by atoms with Crippen molar-refractivity contribution in [2.75, 3.05) is 13.7 Å². The number of hydrogen-bond acceptors (Lipinski definition) is 3. The Bertz CT molecular complexity index is 438. The Labute approximate surface area is 120 Å². The second-order valence-corrected chi connectivity index (χ2v) is 5.92. The molecule has 0 amide bonds. The lowest BCUT2D eigenvalue weighted by atomic mass is 10.1. The molecule has 1 N–H and O–H groups in total. The van der Waals surface area contributed by atoms with Crippen molar-refractivity contribution in [3.05, 3.63) is 35.4 Å². The number of rotatable bonds is 6. The first-order valence-electron chi connectivity index (χ1n) is 6.20. The first kappa shape index (κ1) is 15.9. The quantitative estimate of drug-likeness (QED) is 0.863. The monoisotopic (exact) mass is 283 g/mol. The maximum Gasteiger partial charge on any atom is 0.124 e. The van der Waals surface area contributed by atoms with E-state index < -0.39 is 0 Å². The van der Waals surface area contributed by atoms with Gasteiger partial charge in [0, 0.05) is 22.7 Å². The van der Waals surface area contributed by atoms with E-state index >= 15 is 0 Å². The van der Waals surface area contributed by atoms with E-state index in [9.17, 15) is 0 Å². The summed E-state index contributed by atoms with van der Waals surface area (Å²) in [5.41, 5.74) is 1.07. The van der Waals surface area contributed by atoms with Gasteiger partial charge in [-0.05, 0) is 39.0 Å². The fraction of sp³-hybridized carbons (Fsp3) is 0.467. The van der Waals surface area contributed by atoms with E-state index in [0.29, 0.717) is 18.2 Å². The van der Waals surface area contributed by atoms with Gasteiger partial charge in [0.25, 0.3) is 0 Å². The van der Waals surface area contributed by atoms with E-state index in [2.05, 4.69) is 32.7 Å². The van der Waals surface area contributed by atoms with Crippen molar-refractivity contribution >= 4 is 11.6 Å². The molecule has 1 aromatic carbocycles. The van der Waals surface area contributed by atoms with Gasteiger partial charge in [0.1, 0.15) is 18.1 Å². The van der Waals surface area contributed by atoms with Gasteiger partial charge in [0.15, 0.2) is 0 Å². The third-order valence-corrected chi connectivity index (χ3v) is 2.57. The molecule has 0 saturated heterocycles. The SMILES string of the molecule is C=C(Cl)COc1ccc(OC)cc1CNC(C)(C)C. The minimum absolute atomic E-state index is 0.0381. The molecule has 0 unspecified atom stereocenters. The molecule has 0 atom stereocenters. The van der Waals surface area contributed by atoms with Crippen molar-refractivity contribution in [3.8, 4) is 11.5 Å². The minimum atomic E-state index is 0.0381. The van der Waals surface area contributed by atoms with E-state index in [4.69, 9.17) is 21.1 Å². The van der Waals surface area contributed by atoms with Crippen LogP contribution in [0.3, 0.4) is 0 Å². The van der Waals surface area contributed by atoms with Gasteiger partial charge in [-0.3, -0.25) is 0 Å². The summed E-state index contributed by atoms with van der Waals surface area (Å²) in [5, 5.41) is 3.90. The van der Waals surface area contributed by atoms with Crippen LogP contribution in [0.1, 0.15) is 26.3 Å². The number of methoxy groups -OCH3 is 1. The minimum Gasteiger partial charge on any atom is -0.497 e. The molecule has 1 rings (SSSR count). The van der Waals surface area contributed by atoms with Crippen LogP contribution in [0.25, 0.3) is 0 Å². The van der Waals surface area contributed by atoms with Crippen LogP contribution in [0.4, 0.5) is 0 Å². The Morgan fingerprint density at radius 1 is 1.37 bits per heavy atom. The Morgan fingerprint density at radius 3 is 2.58 bits per heavy atom. The van der Waals surface area contributed by atoms with Crippen LogP contribution in [0.15, 0.2) is 29.8 Å². The Morgan fingerprint density at radius 2 is 2.05 bits per heavy atom. The molecule has 0 bridgehead atoms. The van der Waals surface area contributed by atoms with Gasteiger partial charge in [0.05, 0.1) is 7.11 Å². The number of halogens is 1. The summed E-state index contributed by atoms with van der Waals surface area (Å²) < 4.78 is 10.9. The van der Waals surface area contributed by atoms with E-state index in [1.165, 1.54) is 0 Å². The first-order valence-corrected chi connectivity index (χ1v) is 6.57. The topological polar surface area (TPSA) is 30.5 Å². The van der Waals surface area contributed by atoms with Crippen LogP contribution in [-0.2, 0) is 6.54 Å². The Balaban J connectivity index is 2.85. The van der Waals surface area contributed by atoms with Gasteiger partial charge in [-0.15, -0.1) is 0 Å². The van der Waals surface area contributed by atoms with Crippen molar-refractivity contribution in [1.82, 2.24) is 5.32 Å². The van der Waals surface area contributed by atoms with Crippen molar-refractivity contribution in [1.29, 1.82) is 0 Å². The van der Waals surface area contributed by atoms with Crippen LogP contribution < -0.4 is 14.8 Å². The van der Waals surface area contributed by atoms with Gasteiger partial charge in [0.2, 0.25) is 0 Å². The van der Waals surface area contributed by atoms with E-state index in [1.54, 1.807) is 7.11 Å². The van der Waals surface area contributed by atoms with Crippen molar-refractivity contribution in [2.24, 2.45) is 0 Å². The summed E-state index contributed by atoms with van der Waals surface area (Å²) in [6.07, 6.45) is 0. The molecule has 0 aliphatic carbocycles. The fourth-order valence-corrected chi connectivity index (χ4v) is 1.53. The third kappa shape index (κ3) is 5.99. The van der Waals surface area contributed by atoms with Gasteiger partial charge >= 0.3 is 0 Å². The van der Waals surface area contributed by atoms with Crippen molar-refractivity contribution in [2.45, 2.75) is 32.9 Å². The summed E-state index contributed by atoms with van der Waals surface area (Å²) in [7, 11) is 1.65. The van der Waals surface area contributed by atoms with E-state index in [1.807, 2.05) is 18.2 Å². The molecule has 3 nitrogen and oxygen atoms in total. The molecular formula is C15H22ClNO2. The lowest BCUT2D eigenvalue weighted by molar-refractivity contribution is 0.347. The van der Waals surface area contributed by atoms with Crippen molar-refractivity contribution in [3.63, 3.8) is 0 Å².